The summed E-state index contributed by atoms with van der Waals surface area (Å²) in [7, 11) is -3.72. The first-order valence-corrected chi connectivity index (χ1v) is 9.43. The molecule has 1 fully saturated rings. The van der Waals surface area contributed by atoms with Gasteiger partial charge in [-0.25, -0.2) is 17.2 Å². The minimum Gasteiger partial charge on any atom is -0.352 e. The van der Waals surface area contributed by atoms with E-state index in [9.17, 15) is 17.2 Å². The lowest BCUT2D eigenvalue weighted by atomic mass is 10.2. The van der Waals surface area contributed by atoms with E-state index >= 15 is 0 Å². The van der Waals surface area contributed by atoms with Crippen LogP contribution in [0, 0.1) is 18.6 Å². The number of anilines is 1. The van der Waals surface area contributed by atoms with Crippen LogP contribution in [0.1, 0.15) is 11.3 Å². The molecule has 1 aromatic carbocycles. The Morgan fingerprint density at radius 3 is 2.40 bits per heavy atom. The summed E-state index contributed by atoms with van der Waals surface area (Å²) in [4.78, 5) is 1.95. The minimum atomic E-state index is -3.72. The Bertz CT molecular complexity index is 851. The van der Waals surface area contributed by atoms with E-state index in [0.717, 1.165) is 23.9 Å². The van der Waals surface area contributed by atoms with Crippen molar-refractivity contribution < 1.29 is 17.2 Å². The summed E-state index contributed by atoms with van der Waals surface area (Å²) in [6.07, 6.45) is 0. The van der Waals surface area contributed by atoms with Gasteiger partial charge in [0.05, 0.1) is 11.4 Å². The lowest BCUT2D eigenvalue weighted by Gasteiger charge is -2.34. The molecule has 1 aliphatic rings. The largest absolute Gasteiger partial charge is 0.352 e. The van der Waals surface area contributed by atoms with Crippen LogP contribution in [0.4, 0.5) is 14.6 Å². The highest BCUT2D eigenvalue weighted by atomic mass is 32.2. The molecule has 0 spiro atoms. The number of benzene rings is 1. The van der Waals surface area contributed by atoms with Gasteiger partial charge in [-0.3, -0.25) is 0 Å². The maximum absolute atomic E-state index is 13.7. The van der Waals surface area contributed by atoms with Gasteiger partial charge in [-0.15, -0.1) is 5.10 Å². The lowest BCUT2D eigenvalue weighted by Crippen LogP contribution is -2.49. The van der Waals surface area contributed by atoms with E-state index in [2.05, 4.69) is 10.2 Å². The van der Waals surface area contributed by atoms with Gasteiger partial charge in [-0.1, -0.05) is 0 Å². The van der Waals surface area contributed by atoms with Gasteiger partial charge in [0.15, 0.2) is 5.82 Å². The van der Waals surface area contributed by atoms with Gasteiger partial charge < -0.3 is 4.90 Å². The van der Waals surface area contributed by atoms with Crippen molar-refractivity contribution >= 4 is 15.8 Å². The van der Waals surface area contributed by atoms with Gasteiger partial charge in [-0.2, -0.15) is 9.40 Å². The van der Waals surface area contributed by atoms with Crippen molar-refractivity contribution in [2.75, 3.05) is 31.1 Å². The van der Waals surface area contributed by atoms with Gasteiger partial charge in [0.2, 0.25) is 10.0 Å². The van der Waals surface area contributed by atoms with Crippen LogP contribution in [0.2, 0.25) is 0 Å². The zero-order chi connectivity index (χ0) is 18.0. The SMILES string of the molecule is Cc1ccc(N2CCN(S(=O)(=O)Cc3cc(F)ccc3F)CC2)nn1. The van der Waals surface area contributed by atoms with Gasteiger partial charge in [0.1, 0.15) is 11.6 Å². The van der Waals surface area contributed by atoms with Crippen LogP contribution in [0.25, 0.3) is 0 Å². The maximum atomic E-state index is 13.7. The Kier molecular flexibility index (Phi) is 4.96. The second-order valence-electron chi connectivity index (χ2n) is 5.91. The molecule has 1 saturated heterocycles. The van der Waals surface area contributed by atoms with Crippen molar-refractivity contribution in [3.63, 3.8) is 0 Å². The molecule has 1 aliphatic heterocycles. The average molecular weight is 368 g/mol. The zero-order valence-corrected chi connectivity index (χ0v) is 14.5. The molecule has 0 saturated carbocycles. The fraction of sp³-hybridized carbons (Fsp3) is 0.375. The number of aryl methyl sites for hydroxylation is 1. The number of aromatic nitrogens is 2. The molecule has 0 bridgehead atoms. The van der Waals surface area contributed by atoms with Gasteiger partial charge in [0, 0.05) is 31.7 Å². The first kappa shape index (κ1) is 17.7. The van der Waals surface area contributed by atoms with E-state index in [1.807, 2.05) is 24.0 Å². The number of hydrogen-bond donors (Lipinski definition) is 0. The summed E-state index contributed by atoms with van der Waals surface area (Å²) in [5.74, 6) is -1.24. The summed E-state index contributed by atoms with van der Waals surface area (Å²) in [5.41, 5.74) is 0.647. The van der Waals surface area contributed by atoms with Crippen molar-refractivity contribution in [2.24, 2.45) is 0 Å². The Morgan fingerprint density at radius 1 is 1.04 bits per heavy atom. The van der Waals surface area contributed by atoms with E-state index in [-0.39, 0.29) is 18.7 Å². The van der Waals surface area contributed by atoms with Gasteiger partial charge >= 0.3 is 0 Å². The van der Waals surface area contributed by atoms with Gasteiger partial charge in [-0.05, 0) is 37.3 Å². The molecule has 0 aliphatic carbocycles. The normalized spacial score (nSPS) is 16.2. The smallest absolute Gasteiger partial charge is 0.218 e. The Morgan fingerprint density at radius 2 is 1.76 bits per heavy atom. The molecule has 134 valence electrons. The first-order valence-electron chi connectivity index (χ1n) is 7.82. The summed E-state index contributed by atoms with van der Waals surface area (Å²) < 4.78 is 53.2. The topological polar surface area (TPSA) is 66.4 Å². The van der Waals surface area contributed by atoms with E-state index in [1.54, 1.807) is 0 Å². The molecular formula is C16H18F2N4O2S. The third-order valence-electron chi connectivity index (χ3n) is 4.09. The molecule has 0 atom stereocenters. The highest BCUT2D eigenvalue weighted by molar-refractivity contribution is 7.88. The van der Waals surface area contributed by atoms with Crippen LogP contribution in [-0.4, -0.2) is 49.1 Å². The van der Waals surface area contributed by atoms with Gasteiger partial charge in [0.25, 0.3) is 0 Å². The van der Waals surface area contributed by atoms with Crippen molar-refractivity contribution in [3.05, 3.63) is 53.2 Å². The molecule has 0 unspecified atom stereocenters. The zero-order valence-electron chi connectivity index (χ0n) is 13.7. The summed E-state index contributed by atoms with van der Waals surface area (Å²) in [6, 6.07) is 6.51. The highest BCUT2D eigenvalue weighted by Gasteiger charge is 2.28. The Balaban J connectivity index is 1.67. The quantitative estimate of drug-likeness (QED) is 0.822. The van der Waals surface area contributed by atoms with Crippen molar-refractivity contribution in [1.82, 2.24) is 14.5 Å². The minimum absolute atomic E-state index is 0.160. The fourth-order valence-electron chi connectivity index (χ4n) is 2.70. The standard InChI is InChI=1S/C16H18F2N4O2S/c1-12-2-5-16(20-19-12)21-6-8-22(9-7-21)25(23,24)11-13-10-14(17)3-4-15(13)18/h2-5,10H,6-9,11H2,1H3. The van der Waals surface area contributed by atoms with Crippen LogP contribution in [0.15, 0.2) is 30.3 Å². The molecule has 0 N–H and O–H groups in total. The number of hydrogen-bond acceptors (Lipinski definition) is 5. The molecule has 3 rings (SSSR count). The molecule has 2 heterocycles. The summed E-state index contributed by atoms with van der Waals surface area (Å²) in [6.45, 7) is 3.28. The second-order valence-corrected chi connectivity index (χ2v) is 7.88. The summed E-state index contributed by atoms with van der Waals surface area (Å²) in [5, 5.41) is 8.09. The fourth-order valence-corrected chi connectivity index (χ4v) is 4.21. The molecule has 9 heteroatoms. The number of halogens is 2. The van der Waals surface area contributed by atoms with Crippen molar-refractivity contribution in [2.45, 2.75) is 12.7 Å². The van der Waals surface area contributed by atoms with Crippen molar-refractivity contribution in [3.8, 4) is 0 Å². The van der Waals surface area contributed by atoms with E-state index in [0.29, 0.717) is 18.9 Å². The first-order chi connectivity index (χ1) is 11.8. The molecule has 25 heavy (non-hydrogen) atoms. The van der Waals surface area contributed by atoms with Crippen molar-refractivity contribution in [1.29, 1.82) is 0 Å². The third kappa shape index (κ3) is 4.10. The molecular weight excluding hydrogens is 350 g/mol. The van der Waals surface area contributed by atoms with Crippen LogP contribution in [0.3, 0.4) is 0 Å². The molecule has 2 aromatic rings. The maximum Gasteiger partial charge on any atom is 0.218 e. The number of sulfonamides is 1. The van der Waals surface area contributed by atoms with E-state index in [4.69, 9.17) is 0 Å². The van der Waals surface area contributed by atoms with Crippen LogP contribution >= 0.6 is 0 Å². The third-order valence-corrected chi connectivity index (χ3v) is 5.91. The molecule has 6 nitrogen and oxygen atoms in total. The van der Waals surface area contributed by atoms with E-state index < -0.39 is 27.4 Å². The second kappa shape index (κ2) is 7.01. The molecule has 1 aromatic heterocycles. The predicted octanol–water partition coefficient (Wildman–Crippen LogP) is 1.72. The van der Waals surface area contributed by atoms with Crippen LogP contribution in [0.5, 0.6) is 0 Å². The molecule has 0 radical (unpaired) electrons. The van der Waals surface area contributed by atoms with Crippen LogP contribution < -0.4 is 4.90 Å². The lowest BCUT2D eigenvalue weighted by molar-refractivity contribution is 0.382. The number of nitrogens with zero attached hydrogens (tertiary/aromatic N) is 4. The summed E-state index contributed by atoms with van der Waals surface area (Å²) >= 11 is 0. The Labute approximate surface area is 145 Å². The predicted molar refractivity (Wildman–Crippen MR) is 89.5 cm³/mol. The Hall–Kier alpha value is -2.13. The number of rotatable bonds is 4. The average Bonchev–Trinajstić information content (AvgIpc) is 2.59. The molecule has 0 amide bonds. The van der Waals surface area contributed by atoms with Crippen LogP contribution in [-0.2, 0) is 15.8 Å². The monoisotopic (exact) mass is 368 g/mol. The highest BCUT2D eigenvalue weighted by Crippen LogP contribution is 2.19. The van der Waals surface area contributed by atoms with E-state index in [1.165, 1.54) is 4.31 Å². The number of piperazine rings is 1.